The molecule has 0 fully saturated rings. The number of hydrogen-bond acceptors (Lipinski definition) is 2. The molecule has 2 amide bonds. The van der Waals surface area contributed by atoms with Gasteiger partial charge >= 0.3 is 0 Å². The summed E-state index contributed by atoms with van der Waals surface area (Å²) in [6, 6.07) is 17.3. The molecule has 7 heteroatoms. The molecule has 0 spiro atoms. The van der Waals surface area contributed by atoms with Crippen molar-refractivity contribution in [3.8, 4) is 0 Å². The van der Waals surface area contributed by atoms with Gasteiger partial charge in [0.25, 0.3) is 5.91 Å². The van der Waals surface area contributed by atoms with Gasteiger partial charge in [-0.3, -0.25) is 9.59 Å². The van der Waals surface area contributed by atoms with Gasteiger partial charge in [0.15, 0.2) is 0 Å². The van der Waals surface area contributed by atoms with Crippen LogP contribution in [0, 0.1) is 11.6 Å². The Balaban J connectivity index is 1.66. The fourth-order valence-electron chi connectivity index (χ4n) is 4.03. The molecule has 1 N–H and O–H groups in total. The first kappa shape index (κ1) is 22.0. The molecular weight excluding hydrogens is 434 g/mol. The second-order valence-electron chi connectivity index (χ2n) is 8.09. The highest BCUT2D eigenvalue weighted by atomic mass is 35.5. The van der Waals surface area contributed by atoms with E-state index in [9.17, 15) is 18.4 Å². The number of carbonyl (C=O) groups excluding carboxylic acids is 2. The molecule has 0 radical (unpaired) electrons. The molecule has 4 nitrogen and oxygen atoms in total. The van der Waals surface area contributed by atoms with Gasteiger partial charge in [-0.2, -0.15) is 0 Å². The average Bonchev–Trinajstić information content (AvgIpc) is 2.75. The number of hydrogen-bond donors (Lipinski definition) is 1. The van der Waals surface area contributed by atoms with Crippen LogP contribution in [-0.2, 0) is 24.3 Å². The topological polar surface area (TPSA) is 49.4 Å². The number of halogens is 3. The molecule has 1 atom stereocenters. The first-order chi connectivity index (χ1) is 15.3. The minimum absolute atomic E-state index is 0.104. The van der Waals surface area contributed by atoms with Crippen molar-refractivity contribution in [2.75, 3.05) is 0 Å². The van der Waals surface area contributed by atoms with Gasteiger partial charge < -0.3 is 10.2 Å². The van der Waals surface area contributed by atoms with Crippen LogP contribution in [0.25, 0.3) is 0 Å². The summed E-state index contributed by atoms with van der Waals surface area (Å²) in [6.07, 6.45) is 0.277. The summed E-state index contributed by atoms with van der Waals surface area (Å²) >= 11 is 5.92. The van der Waals surface area contributed by atoms with E-state index in [4.69, 9.17) is 11.6 Å². The normalized spacial score (nSPS) is 17.8. The molecule has 3 aromatic rings. The predicted octanol–water partition coefficient (Wildman–Crippen LogP) is 4.89. The molecule has 0 saturated heterocycles. The number of rotatable bonds is 5. The van der Waals surface area contributed by atoms with Crippen LogP contribution >= 0.6 is 11.6 Å². The van der Waals surface area contributed by atoms with E-state index in [0.29, 0.717) is 10.6 Å². The molecular formula is C25H21ClF2N2O2. The summed E-state index contributed by atoms with van der Waals surface area (Å²) in [6.45, 7) is 1.82. The number of benzene rings is 3. The van der Waals surface area contributed by atoms with Gasteiger partial charge in [-0.05, 0) is 53.9 Å². The Kier molecular flexibility index (Phi) is 5.98. The van der Waals surface area contributed by atoms with Crippen LogP contribution in [0.3, 0.4) is 0 Å². The van der Waals surface area contributed by atoms with Crippen molar-refractivity contribution >= 4 is 23.4 Å². The molecule has 1 heterocycles. The monoisotopic (exact) mass is 454 g/mol. The zero-order valence-corrected chi connectivity index (χ0v) is 18.1. The Morgan fingerprint density at radius 2 is 1.69 bits per heavy atom. The molecule has 1 aliphatic heterocycles. The van der Waals surface area contributed by atoms with E-state index in [0.717, 1.165) is 17.2 Å². The first-order valence-electron chi connectivity index (χ1n) is 10.1. The van der Waals surface area contributed by atoms with Crippen LogP contribution in [0.4, 0.5) is 8.78 Å². The fourth-order valence-corrected chi connectivity index (χ4v) is 4.15. The fraction of sp³-hybridized carbons (Fsp3) is 0.200. The Bertz CT molecular complexity index is 1160. The zero-order valence-electron chi connectivity index (χ0n) is 17.4. The number of nitrogens with zero attached hydrogens (tertiary/aromatic N) is 1. The molecule has 1 aliphatic rings. The van der Waals surface area contributed by atoms with E-state index in [1.165, 1.54) is 17.0 Å². The maximum absolute atomic E-state index is 13.8. The lowest BCUT2D eigenvalue weighted by Crippen LogP contribution is -2.62. The molecule has 32 heavy (non-hydrogen) atoms. The summed E-state index contributed by atoms with van der Waals surface area (Å²) in [5.74, 6) is -2.19. The number of fused-ring (bicyclic) bond motifs is 1. The second-order valence-corrected chi connectivity index (χ2v) is 8.52. The van der Waals surface area contributed by atoms with Crippen LogP contribution in [0.2, 0.25) is 5.02 Å². The summed E-state index contributed by atoms with van der Waals surface area (Å²) in [7, 11) is 0. The number of amides is 2. The van der Waals surface area contributed by atoms with Crippen molar-refractivity contribution in [3.63, 3.8) is 0 Å². The van der Waals surface area contributed by atoms with Crippen molar-refractivity contribution in [3.05, 3.63) is 106 Å². The lowest BCUT2D eigenvalue weighted by molar-refractivity contribution is -0.132. The van der Waals surface area contributed by atoms with Crippen LogP contribution in [0.15, 0.2) is 66.7 Å². The Labute approximate surface area is 189 Å². The van der Waals surface area contributed by atoms with Gasteiger partial charge in [0.1, 0.15) is 17.2 Å². The Morgan fingerprint density at radius 3 is 2.38 bits per heavy atom. The third-order valence-corrected chi connectivity index (χ3v) is 5.99. The van der Waals surface area contributed by atoms with Crippen molar-refractivity contribution in [1.82, 2.24) is 10.2 Å². The minimum atomic E-state index is -1.25. The summed E-state index contributed by atoms with van der Waals surface area (Å²) < 4.78 is 27.5. The SMILES string of the molecule is CC1(C(=O)NCc2ccc(Cl)cc2)Cc2ccccc2C(=O)N1Cc1cc(F)cc(F)c1. The molecule has 0 bridgehead atoms. The van der Waals surface area contributed by atoms with E-state index < -0.39 is 17.2 Å². The van der Waals surface area contributed by atoms with Crippen LogP contribution < -0.4 is 5.32 Å². The first-order valence-corrected chi connectivity index (χ1v) is 10.5. The van der Waals surface area contributed by atoms with Crippen molar-refractivity contribution in [2.24, 2.45) is 0 Å². The predicted molar refractivity (Wildman–Crippen MR) is 118 cm³/mol. The molecule has 4 rings (SSSR count). The van der Waals surface area contributed by atoms with Crippen LogP contribution in [0.1, 0.15) is 34.0 Å². The molecule has 3 aromatic carbocycles. The largest absolute Gasteiger partial charge is 0.350 e. The Hall–Kier alpha value is -3.25. The highest BCUT2D eigenvalue weighted by molar-refractivity contribution is 6.30. The maximum Gasteiger partial charge on any atom is 0.255 e. The quantitative estimate of drug-likeness (QED) is 0.596. The third-order valence-electron chi connectivity index (χ3n) is 5.74. The van der Waals surface area contributed by atoms with Gasteiger partial charge in [0.2, 0.25) is 5.91 Å². The zero-order chi connectivity index (χ0) is 22.9. The van der Waals surface area contributed by atoms with E-state index in [1.807, 2.05) is 12.1 Å². The van der Waals surface area contributed by atoms with Crippen molar-refractivity contribution in [2.45, 2.75) is 32.0 Å². The standard InChI is InChI=1S/C25H21ClF2N2O2/c1-25(24(32)29-14-16-6-8-19(26)9-7-16)13-18-4-2-3-5-22(18)23(31)30(25)15-17-10-20(27)12-21(28)11-17/h2-12H,13-15H2,1H3,(H,29,32). The minimum Gasteiger partial charge on any atom is -0.350 e. The Morgan fingerprint density at radius 1 is 1.03 bits per heavy atom. The van der Waals surface area contributed by atoms with Gasteiger partial charge in [0.05, 0.1) is 0 Å². The lowest BCUT2D eigenvalue weighted by Gasteiger charge is -2.44. The van der Waals surface area contributed by atoms with E-state index in [2.05, 4.69) is 5.32 Å². The second kappa shape index (κ2) is 8.71. The number of carbonyl (C=O) groups is 2. The maximum atomic E-state index is 13.8. The van der Waals surface area contributed by atoms with E-state index >= 15 is 0 Å². The van der Waals surface area contributed by atoms with Gasteiger partial charge in [-0.1, -0.05) is 41.9 Å². The van der Waals surface area contributed by atoms with E-state index in [1.54, 1.807) is 43.3 Å². The lowest BCUT2D eigenvalue weighted by atomic mass is 9.82. The molecule has 0 aromatic heterocycles. The summed E-state index contributed by atoms with van der Waals surface area (Å²) in [5, 5.41) is 3.49. The molecule has 0 saturated carbocycles. The number of nitrogens with one attached hydrogen (secondary N) is 1. The average molecular weight is 455 g/mol. The molecule has 1 unspecified atom stereocenters. The van der Waals surface area contributed by atoms with Crippen molar-refractivity contribution in [1.29, 1.82) is 0 Å². The van der Waals surface area contributed by atoms with Crippen molar-refractivity contribution < 1.29 is 18.4 Å². The molecule has 0 aliphatic carbocycles. The van der Waals surface area contributed by atoms with Gasteiger partial charge in [0, 0.05) is 36.2 Å². The molecule has 164 valence electrons. The van der Waals surface area contributed by atoms with Crippen LogP contribution in [0.5, 0.6) is 0 Å². The highest BCUT2D eigenvalue weighted by Gasteiger charge is 2.46. The van der Waals surface area contributed by atoms with Gasteiger partial charge in [-0.15, -0.1) is 0 Å². The smallest absolute Gasteiger partial charge is 0.255 e. The highest BCUT2D eigenvalue weighted by Crippen LogP contribution is 2.33. The summed E-state index contributed by atoms with van der Waals surface area (Å²) in [4.78, 5) is 28.1. The summed E-state index contributed by atoms with van der Waals surface area (Å²) in [5.41, 5.74) is 1.11. The van der Waals surface area contributed by atoms with E-state index in [-0.39, 0.29) is 36.9 Å². The van der Waals surface area contributed by atoms with Crippen LogP contribution in [-0.4, -0.2) is 22.3 Å². The van der Waals surface area contributed by atoms with Gasteiger partial charge in [-0.25, -0.2) is 8.78 Å². The third kappa shape index (κ3) is 4.36.